The molecule has 118 valence electrons. The minimum Gasteiger partial charge on any atom is -0.323 e. The standard InChI is InChI=1S/C10H8F3N5O3S/c11-10(12,13)8-16-17-9(22-8)15-5(19)1-3-18-4-2-14-6(20)7(18)21/h2,4H,1,3H2,(H,14,20)(H,15,17,19). The second-order valence-corrected chi connectivity index (χ2v) is 4.97. The van der Waals surface area contributed by atoms with Gasteiger partial charge < -0.3 is 14.9 Å². The number of nitrogens with one attached hydrogen (secondary N) is 2. The quantitative estimate of drug-likeness (QED) is 0.788. The van der Waals surface area contributed by atoms with Gasteiger partial charge in [0.15, 0.2) is 0 Å². The average molecular weight is 335 g/mol. The van der Waals surface area contributed by atoms with Gasteiger partial charge in [-0.05, 0) is 0 Å². The van der Waals surface area contributed by atoms with E-state index in [1.54, 1.807) is 0 Å². The van der Waals surface area contributed by atoms with E-state index in [9.17, 15) is 27.6 Å². The lowest BCUT2D eigenvalue weighted by Crippen LogP contribution is -2.36. The predicted octanol–water partition coefficient (Wildman–Crippen LogP) is 0.436. The van der Waals surface area contributed by atoms with Crippen LogP contribution in [0.1, 0.15) is 11.4 Å². The first-order valence-corrected chi connectivity index (χ1v) is 6.57. The number of rotatable bonds is 4. The maximum absolute atomic E-state index is 12.3. The normalized spacial score (nSPS) is 11.4. The molecule has 2 aromatic heterocycles. The van der Waals surface area contributed by atoms with Crippen molar-refractivity contribution in [3.8, 4) is 0 Å². The molecule has 2 N–H and O–H groups in total. The molecule has 0 aromatic carbocycles. The summed E-state index contributed by atoms with van der Waals surface area (Å²) >= 11 is 0.193. The Morgan fingerprint density at radius 2 is 2.09 bits per heavy atom. The second-order valence-electron chi connectivity index (χ2n) is 4.00. The van der Waals surface area contributed by atoms with Crippen LogP contribution in [0.25, 0.3) is 0 Å². The fraction of sp³-hybridized carbons (Fsp3) is 0.300. The van der Waals surface area contributed by atoms with E-state index in [-0.39, 0.29) is 29.4 Å². The Morgan fingerprint density at radius 1 is 1.36 bits per heavy atom. The highest BCUT2D eigenvalue weighted by atomic mass is 32.1. The third-order valence-electron chi connectivity index (χ3n) is 2.42. The third kappa shape index (κ3) is 3.78. The molecule has 0 aliphatic rings. The number of carbonyl (C=O) groups excluding carboxylic acids is 1. The lowest BCUT2D eigenvalue weighted by molar-refractivity contribution is -0.138. The van der Waals surface area contributed by atoms with E-state index in [0.29, 0.717) is 0 Å². The number of halogens is 3. The first kappa shape index (κ1) is 15.9. The van der Waals surface area contributed by atoms with Crippen molar-refractivity contribution < 1.29 is 18.0 Å². The van der Waals surface area contributed by atoms with Crippen LogP contribution in [0.3, 0.4) is 0 Å². The summed E-state index contributed by atoms with van der Waals surface area (Å²) in [7, 11) is 0. The van der Waals surface area contributed by atoms with Crippen LogP contribution in [0.15, 0.2) is 22.0 Å². The van der Waals surface area contributed by atoms with E-state index < -0.39 is 28.2 Å². The maximum atomic E-state index is 12.3. The molecule has 12 heteroatoms. The molecule has 0 bridgehead atoms. The minimum absolute atomic E-state index is 0.0977. The number of amides is 1. The molecular formula is C10H8F3N5O3S. The number of anilines is 1. The van der Waals surface area contributed by atoms with E-state index in [4.69, 9.17) is 0 Å². The van der Waals surface area contributed by atoms with Gasteiger partial charge in [0.25, 0.3) is 0 Å². The summed E-state index contributed by atoms with van der Waals surface area (Å²) in [6.07, 6.45) is -2.32. The van der Waals surface area contributed by atoms with Gasteiger partial charge in [0.05, 0.1) is 0 Å². The molecule has 2 rings (SSSR count). The number of alkyl halides is 3. The molecule has 0 aliphatic carbocycles. The van der Waals surface area contributed by atoms with Gasteiger partial charge >= 0.3 is 17.3 Å². The minimum atomic E-state index is -4.63. The van der Waals surface area contributed by atoms with Gasteiger partial charge in [-0.2, -0.15) is 13.2 Å². The van der Waals surface area contributed by atoms with Gasteiger partial charge in [0.2, 0.25) is 16.0 Å². The Kier molecular flexibility index (Phi) is 4.40. The molecule has 1 amide bonds. The summed E-state index contributed by atoms with van der Waals surface area (Å²) in [6, 6.07) is 0. The Morgan fingerprint density at radius 3 is 2.73 bits per heavy atom. The average Bonchev–Trinajstić information content (AvgIpc) is 2.89. The molecule has 2 aromatic rings. The van der Waals surface area contributed by atoms with Gasteiger partial charge in [-0.1, -0.05) is 11.3 Å². The number of carbonyl (C=O) groups is 1. The Balaban J connectivity index is 1.96. The van der Waals surface area contributed by atoms with Crippen molar-refractivity contribution in [1.29, 1.82) is 0 Å². The molecule has 0 aliphatic heterocycles. The molecule has 22 heavy (non-hydrogen) atoms. The van der Waals surface area contributed by atoms with E-state index in [1.807, 2.05) is 0 Å². The highest BCUT2D eigenvalue weighted by Gasteiger charge is 2.35. The lowest BCUT2D eigenvalue weighted by Gasteiger charge is -2.04. The molecule has 0 unspecified atom stereocenters. The van der Waals surface area contributed by atoms with Crippen molar-refractivity contribution in [2.75, 3.05) is 5.32 Å². The second kappa shape index (κ2) is 6.09. The fourth-order valence-electron chi connectivity index (χ4n) is 1.43. The van der Waals surface area contributed by atoms with E-state index in [2.05, 4.69) is 20.5 Å². The van der Waals surface area contributed by atoms with Crippen LogP contribution in [0, 0.1) is 0 Å². The van der Waals surface area contributed by atoms with Gasteiger partial charge in [-0.15, -0.1) is 10.2 Å². The molecule has 0 fully saturated rings. The first-order valence-electron chi connectivity index (χ1n) is 5.76. The first-order chi connectivity index (χ1) is 10.3. The molecular weight excluding hydrogens is 327 g/mol. The maximum Gasteiger partial charge on any atom is 0.445 e. The zero-order chi connectivity index (χ0) is 16.3. The van der Waals surface area contributed by atoms with Crippen molar-refractivity contribution in [3.05, 3.63) is 38.1 Å². The third-order valence-corrected chi connectivity index (χ3v) is 3.30. The molecule has 8 nitrogen and oxygen atoms in total. The number of hydrogen-bond donors (Lipinski definition) is 2. The van der Waals surface area contributed by atoms with Crippen molar-refractivity contribution in [2.24, 2.45) is 0 Å². The topological polar surface area (TPSA) is 110 Å². The number of aromatic amines is 1. The summed E-state index contributed by atoms with van der Waals surface area (Å²) in [5.74, 6) is -0.656. The van der Waals surface area contributed by atoms with Gasteiger partial charge in [-0.3, -0.25) is 14.4 Å². The zero-order valence-corrected chi connectivity index (χ0v) is 11.5. The SMILES string of the molecule is O=C(CCn1cc[nH]c(=O)c1=O)Nc1nnc(C(F)(F)F)s1. The number of nitrogens with zero attached hydrogens (tertiary/aromatic N) is 3. The number of H-pyrrole nitrogens is 1. The fourth-order valence-corrected chi connectivity index (χ4v) is 2.06. The van der Waals surface area contributed by atoms with Crippen LogP contribution in [0.4, 0.5) is 18.3 Å². The van der Waals surface area contributed by atoms with E-state index in [1.165, 1.54) is 12.4 Å². The van der Waals surface area contributed by atoms with Crippen molar-refractivity contribution in [3.63, 3.8) is 0 Å². The Labute approximate surface area is 123 Å². The van der Waals surface area contributed by atoms with Crippen LogP contribution >= 0.6 is 11.3 Å². The van der Waals surface area contributed by atoms with Crippen molar-refractivity contribution in [1.82, 2.24) is 19.7 Å². The van der Waals surface area contributed by atoms with Gasteiger partial charge in [0, 0.05) is 25.4 Å². The Bertz CT molecular complexity index is 794. The Hall–Kier alpha value is -2.50. The number of hydrogen-bond acceptors (Lipinski definition) is 6. The monoisotopic (exact) mass is 335 g/mol. The van der Waals surface area contributed by atoms with Crippen molar-refractivity contribution >= 4 is 22.4 Å². The molecule has 0 atom stereocenters. The predicted molar refractivity (Wildman–Crippen MR) is 69.5 cm³/mol. The molecule has 0 radical (unpaired) electrons. The van der Waals surface area contributed by atoms with Crippen LogP contribution < -0.4 is 16.4 Å². The van der Waals surface area contributed by atoms with Gasteiger partial charge in [-0.25, -0.2) is 0 Å². The summed E-state index contributed by atoms with van der Waals surface area (Å²) in [5, 5.41) is 6.79. The molecule has 0 saturated carbocycles. The lowest BCUT2D eigenvalue weighted by atomic mass is 10.4. The van der Waals surface area contributed by atoms with Crippen LogP contribution in [0.2, 0.25) is 0 Å². The largest absolute Gasteiger partial charge is 0.445 e. The van der Waals surface area contributed by atoms with Crippen LogP contribution in [-0.4, -0.2) is 25.7 Å². The van der Waals surface area contributed by atoms with Crippen LogP contribution in [-0.2, 0) is 17.5 Å². The number of aromatic nitrogens is 4. The molecule has 2 heterocycles. The summed E-state index contributed by atoms with van der Waals surface area (Å²) in [4.78, 5) is 36.2. The van der Waals surface area contributed by atoms with E-state index >= 15 is 0 Å². The smallest absolute Gasteiger partial charge is 0.323 e. The summed E-state index contributed by atoms with van der Waals surface area (Å²) < 4.78 is 38.0. The van der Waals surface area contributed by atoms with Crippen LogP contribution in [0.5, 0.6) is 0 Å². The van der Waals surface area contributed by atoms with Gasteiger partial charge in [0.1, 0.15) is 0 Å². The van der Waals surface area contributed by atoms with Crippen molar-refractivity contribution in [2.45, 2.75) is 19.1 Å². The number of aryl methyl sites for hydroxylation is 1. The highest BCUT2D eigenvalue weighted by Crippen LogP contribution is 2.32. The summed E-state index contributed by atoms with van der Waals surface area (Å²) in [5.41, 5.74) is -1.66. The summed E-state index contributed by atoms with van der Waals surface area (Å²) in [6.45, 7) is -0.0977. The molecule has 0 spiro atoms. The van der Waals surface area contributed by atoms with E-state index in [0.717, 1.165) is 4.57 Å². The molecule has 0 saturated heterocycles. The highest BCUT2D eigenvalue weighted by molar-refractivity contribution is 7.15. The zero-order valence-electron chi connectivity index (χ0n) is 10.7.